The third kappa shape index (κ3) is 3.07. The zero-order valence-corrected chi connectivity index (χ0v) is 9.64. The summed E-state index contributed by atoms with van der Waals surface area (Å²) in [5.41, 5.74) is 0. The van der Waals surface area contributed by atoms with Crippen molar-refractivity contribution < 1.29 is 28.9 Å². The smallest absolute Gasteiger partial charge is 0.303 e. The number of carbonyl (C=O) groups excluding carboxylic acids is 2. The largest absolute Gasteiger partial charge is 0.456 e. The van der Waals surface area contributed by atoms with Gasteiger partial charge in [-0.1, -0.05) is 0 Å². The Labute approximate surface area is 97.4 Å². The Bertz CT molecular complexity index is 281. The molecule has 0 aromatic carbocycles. The number of alkyl halides is 1. The Balaban J connectivity index is 2.76. The minimum Gasteiger partial charge on any atom is -0.456 e. The van der Waals surface area contributed by atoms with Crippen LogP contribution in [0.5, 0.6) is 0 Å². The number of halogens is 1. The Morgan fingerprint density at radius 1 is 1.25 bits per heavy atom. The van der Waals surface area contributed by atoms with Gasteiger partial charge in [0.15, 0.2) is 18.5 Å². The van der Waals surface area contributed by atoms with Gasteiger partial charge in [-0.15, -0.1) is 11.6 Å². The molecule has 92 valence electrons. The van der Waals surface area contributed by atoms with E-state index in [0.29, 0.717) is 0 Å². The van der Waals surface area contributed by atoms with Crippen LogP contribution in [0, 0.1) is 0 Å². The van der Waals surface area contributed by atoms with E-state index in [4.69, 9.17) is 25.8 Å². The summed E-state index contributed by atoms with van der Waals surface area (Å²) in [6, 6.07) is 0. The molecule has 1 saturated heterocycles. The first-order valence-corrected chi connectivity index (χ1v) is 5.23. The summed E-state index contributed by atoms with van der Waals surface area (Å²) >= 11 is 5.59. The van der Waals surface area contributed by atoms with Gasteiger partial charge in [0.05, 0.1) is 5.88 Å². The summed E-state index contributed by atoms with van der Waals surface area (Å²) in [7, 11) is 0. The molecule has 0 aliphatic carbocycles. The van der Waals surface area contributed by atoms with Crippen LogP contribution in [0.25, 0.3) is 0 Å². The van der Waals surface area contributed by atoms with Crippen LogP contribution in [0.1, 0.15) is 13.8 Å². The van der Waals surface area contributed by atoms with Crippen molar-refractivity contribution in [1.82, 2.24) is 0 Å². The predicted octanol–water partition coefficient (Wildman–Crippen LogP) is -0.194. The van der Waals surface area contributed by atoms with Crippen LogP contribution in [0.15, 0.2) is 0 Å². The van der Waals surface area contributed by atoms with E-state index >= 15 is 0 Å². The number of aliphatic hydroxyl groups is 1. The lowest BCUT2D eigenvalue weighted by Gasteiger charge is -2.21. The Morgan fingerprint density at radius 2 is 1.75 bits per heavy atom. The van der Waals surface area contributed by atoms with Crippen LogP contribution in [0.4, 0.5) is 0 Å². The van der Waals surface area contributed by atoms with Crippen molar-refractivity contribution in [2.24, 2.45) is 0 Å². The van der Waals surface area contributed by atoms with Crippen LogP contribution in [0.3, 0.4) is 0 Å². The highest BCUT2D eigenvalue weighted by Crippen LogP contribution is 2.26. The maximum absolute atomic E-state index is 10.9. The quantitative estimate of drug-likeness (QED) is 0.554. The van der Waals surface area contributed by atoms with Gasteiger partial charge in [-0.2, -0.15) is 0 Å². The standard InChI is InChI=1S/C9H13ClO6/c1-4(11)14-7-6(3-10)16-9(13)8(7)15-5(2)12/h6-9,13H,3H2,1-2H3/t6-,7-,8-,9+/m1/s1. The molecule has 0 unspecified atom stereocenters. The highest BCUT2D eigenvalue weighted by Gasteiger charge is 2.48. The number of aliphatic hydroxyl groups excluding tert-OH is 1. The molecule has 0 amide bonds. The fourth-order valence-electron chi connectivity index (χ4n) is 1.48. The van der Waals surface area contributed by atoms with Gasteiger partial charge < -0.3 is 19.3 Å². The second kappa shape index (κ2) is 5.47. The van der Waals surface area contributed by atoms with Gasteiger partial charge in [0, 0.05) is 13.8 Å². The molecule has 1 rings (SSSR count). The first-order valence-electron chi connectivity index (χ1n) is 4.69. The molecule has 0 bridgehead atoms. The van der Waals surface area contributed by atoms with Crippen LogP contribution in [-0.4, -0.2) is 47.5 Å². The van der Waals surface area contributed by atoms with Gasteiger partial charge in [-0.25, -0.2) is 0 Å². The number of hydrogen-bond acceptors (Lipinski definition) is 6. The number of esters is 2. The summed E-state index contributed by atoms with van der Waals surface area (Å²) in [4.78, 5) is 21.7. The zero-order valence-electron chi connectivity index (χ0n) is 8.88. The normalized spacial score (nSPS) is 33.5. The van der Waals surface area contributed by atoms with Crippen molar-refractivity contribution in [3.05, 3.63) is 0 Å². The molecule has 7 heteroatoms. The maximum Gasteiger partial charge on any atom is 0.303 e. The van der Waals surface area contributed by atoms with Gasteiger partial charge in [-0.3, -0.25) is 9.59 Å². The molecule has 0 saturated carbocycles. The summed E-state index contributed by atoms with van der Waals surface area (Å²) in [6.07, 6.45) is -3.94. The molecular weight excluding hydrogens is 240 g/mol. The van der Waals surface area contributed by atoms with E-state index in [2.05, 4.69) is 0 Å². The third-order valence-electron chi connectivity index (χ3n) is 2.04. The predicted molar refractivity (Wildman–Crippen MR) is 52.7 cm³/mol. The molecule has 1 aliphatic heterocycles. The monoisotopic (exact) mass is 252 g/mol. The summed E-state index contributed by atoms with van der Waals surface area (Å²) in [5.74, 6) is -1.14. The van der Waals surface area contributed by atoms with E-state index in [9.17, 15) is 14.7 Å². The van der Waals surface area contributed by atoms with Crippen LogP contribution in [0.2, 0.25) is 0 Å². The maximum atomic E-state index is 10.9. The number of hydrogen-bond donors (Lipinski definition) is 1. The minimum absolute atomic E-state index is 0.0206. The highest BCUT2D eigenvalue weighted by atomic mass is 35.5. The van der Waals surface area contributed by atoms with Crippen molar-refractivity contribution in [3.63, 3.8) is 0 Å². The van der Waals surface area contributed by atoms with Gasteiger partial charge in [-0.05, 0) is 0 Å². The third-order valence-corrected chi connectivity index (χ3v) is 2.35. The van der Waals surface area contributed by atoms with Crippen LogP contribution in [-0.2, 0) is 23.8 Å². The van der Waals surface area contributed by atoms with Crippen molar-refractivity contribution >= 4 is 23.5 Å². The lowest BCUT2D eigenvalue weighted by molar-refractivity contribution is -0.174. The SMILES string of the molecule is CC(=O)O[C@@H]1[C@H](OC(C)=O)[C@@H](CCl)O[C@@H]1O. The van der Waals surface area contributed by atoms with Gasteiger partial charge in [0.1, 0.15) is 6.10 Å². The van der Waals surface area contributed by atoms with Crippen LogP contribution >= 0.6 is 11.6 Å². The van der Waals surface area contributed by atoms with E-state index < -0.39 is 36.5 Å². The topological polar surface area (TPSA) is 82.1 Å². The van der Waals surface area contributed by atoms with E-state index in [0.717, 1.165) is 0 Å². The lowest BCUT2D eigenvalue weighted by Crippen LogP contribution is -2.40. The Hall–Kier alpha value is -0.850. The molecular formula is C9H13ClO6. The van der Waals surface area contributed by atoms with Gasteiger partial charge >= 0.3 is 11.9 Å². The van der Waals surface area contributed by atoms with E-state index in [1.165, 1.54) is 13.8 Å². The highest BCUT2D eigenvalue weighted by molar-refractivity contribution is 6.18. The number of rotatable bonds is 3. The molecule has 1 heterocycles. The Kier molecular flexibility index (Phi) is 4.52. The molecule has 6 nitrogen and oxygen atoms in total. The summed E-state index contributed by atoms with van der Waals surface area (Å²) in [6.45, 7) is 2.40. The van der Waals surface area contributed by atoms with Gasteiger partial charge in [0.2, 0.25) is 0 Å². The molecule has 1 N–H and O–H groups in total. The summed E-state index contributed by atoms with van der Waals surface area (Å²) in [5, 5.41) is 9.47. The second-order valence-electron chi connectivity index (χ2n) is 3.37. The van der Waals surface area contributed by atoms with Crippen molar-refractivity contribution in [2.45, 2.75) is 38.4 Å². The second-order valence-corrected chi connectivity index (χ2v) is 3.68. The average molecular weight is 253 g/mol. The summed E-state index contributed by atoms with van der Waals surface area (Å²) < 4.78 is 14.7. The van der Waals surface area contributed by atoms with Gasteiger partial charge in [0.25, 0.3) is 0 Å². The molecule has 0 aromatic heterocycles. The molecule has 0 radical (unpaired) electrons. The minimum atomic E-state index is -1.34. The fourth-order valence-corrected chi connectivity index (χ4v) is 1.73. The lowest BCUT2D eigenvalue weighted by atomic mass is 10.1. The van der Waals surface area contributed by atoms with Crippen molar-refractivity contribution in [2.75, 3.05) is 5.88 Å². The molecule has 4 atom stereocenters. The zero-order chi connectivity index (χ0) is 12.3. The Morgan fingerprint density at radius 3 is 2.19 bits per heavy atom. The van der Waals surface area contributed by atoms with Crippen molar-refractivity contribution in [3.8, 4) is 0 Å². The molecule has 0 aromatic rings. The first kappa shape index (κ1) is 13.2. The van der Waals surface area contributed by atoms with Crippen molar-refractivity contribution in [1.29, 1.82) is 0 Å². The fraction of sp³-hybridized carbons (Fsp3) is 0.778. The first-order chi connectivity index (χ1) is 7.45. The van der Waals surface area contributed by atoms with Crippen LogP contribution < -0.4 is 0 Å². The molecule has 0 spiro atoms. The van der Waals surface area contributed by atoms with E-state index in [1.54, 1.807) is 0 Å². The van der Waals surface area contributed by atoms with E-state index in [-0.39, 0.29) is 5.88 Å². The molecule has 1 fully saturated rings. The van der Waals surface area contributed by atoms with E-state index in [1.807, 2.05) is 0 Å². The molecule has 1 aliphatic rings. The number of ether oxygens (including phenoxy) is 3. The average Bonchev–Trinajstić information content (AvgIpc) is 2.44. The molecule has 16 heavy (non-hydrogen) atoms. The number of carbonyl (C=O) groups is 2.